The van der Waals surface area contributed by atoms with E-state index in [9.17, 15) is 32.7 Å². The van der Waals surface area contributed by atoms with Crippen molar-refractivity contribution in [3.63, 3.8) is 0 Å². The van der Waals surface area contributed by atoms with Crippen LogP contribution in [0.15, 0.2) is 30.3 Å². The number of phenols is 1. The van der Waals surface area contributed by atoms with Crippen LogP contribution in [0.5, 0.6) is 11.5 Å². The first-order chi connectivity index (χ1) is 18.7. The van der Waals surface area contributed by atoms with Crippen LogP contribution in [0.25, 0.3) is 0 Å². The van der Waals surface area contributed by atoms with Crippen LogP contribution >= 0.6 is 0 Å². The van der Waals surface area contributed by atoms with E-state index in [-0.39, 0.29) is 42.6 Å². The number of hydrogen-bond acceptors (Lipinski definition) is 7. The van der Waals surface area contributed by atoms with Gasteiger partial charge >= 0.3 is 18.1 Å². The first kappa shape index (κ1) is 31.6. The molecule has 2 N–H and O–H groups in total. The van der Waals surface area contributed by atoms with E-state index in [0.717, 1.165) is 5.56 Å². The number of phenolic OH excluding ortho intramolecular Hbond substituents is 1. The Balaban J connectivity index is 1.80. The number of fused-ring (bicyclic) bond motifs is 1. The van der Waals surface area contributed by atoms with Gasteiger partial charge in [-0.15, -0.1) is 0 Å². The molecule has 8 nitrogen and oxygen atoms in total. The van der Waals surface area contributed by atoms with E-state index in [1.165, 1.54) is 19.1 Å². The number of aromatic hydroxyl groups is 1. The maximum atomic E-state index is 13.4. The molecule has 1 heterocycles. The van der Waals surface area contributed by atoms with E-state index in [1.54, 1.807) is 23.1 Å². The number of Topliss-reactive ketones (excluding diaryl/α,β-unsaturated/α-hetero) is 1. The number of nitrogens with zero attached hydrogens (tertiary/aromatic N) is 1. The van der Waals surface area contributed by atoms with Crippen molar-refractivity contribution < 1.29 is 42.1 Å². The molecule has 0 aliphatic carbocycles. The zero-order valence-electron chi connectivity index (χ0n) is 24.2. The van der Waals surface area contributed by atoms with Gasteiger partial charge in [0.2, 0.25) is 0 Å². The summed E-state index contributed by atoms with van der Waals surface area (Å²) in [6, 6.07) is 7.97. The van der Waals surface area contributed by atoms with E-state index in [4.69, 9.17) is 10.1 Å². The van der Waals surface area contributed by atoms with Crippen LogP contribution in [-0.4, -0.2) is 52.4 Å². The van der Waals surface area contributed by atoms with E-state index < -0.39 is 35.0 Å². The molecule has 11 heteroatoms. The van der Waals surface area contributed by atoms with Gasteiger partial charge in [0.1, 0.15) is 17.3 Å². The molecule has 0 spiro atoms. The number of halogens is 3. The van der Waals surface area contributed by atoms with E-state index in [2.05, 4.69) is 4.74 Å². The zero-order valence-corrected chi connectivity index (χ0v) is 24.2. The second-order valence-corrected chi connectivity index (χ2v) is 12.1. The number of alkyl halides is 3. The molecule has 2 aromatic carbocycles. The second kappa shape index (κ2) is 11.2. The van der Waals surface area contributed by atoms with Gasteiger partial charge in [0.05, 0.1) is 6.54 Å². The summed E-state index contributed by atoms with van der Waals surface area (Å²) in [6.07, 6.45) is -6.87. The maximum Gasteiger partial charge on any atom is 0.491 e. The Morgan fingerprint density at radius 2 is 1.56 bits per heavy atom. The molecule has 3 rings (SSSR count). The molecule has 0 fully saturated rings. The van der Waals surface area contributed by atoms with Gasteiger partial charge in [0, 0.05) is 28.8 Å². The lowest BCUT2D eigenvalue weighted by Crippen LogP contribution is -2.35. The molecule has 1 atom stereocenters. The third-order valence-electron chi connectivity index (χ3n) is 6.73. The van der Waals surface area contributed by atoms with Crippen molar-refractivity contribution in [1.82, 2.24) is 4.90 Å². The molecule has 0 saturated carbocycles. The number of ketones is 1. The lowest BCUT2D eigenvalue weighted by Gasteiger charge is -2.28. The number of rotatable bonds is 7. The van der Waals surface area contributed by atoms with Crippen LogP contribution in [0.2, 0.25) is 0 Å². The van der Waals surface area contributed by atoms with Crippen molar-refractivity contribution in [2.45, 2.75) is 84.5 Å². The number of benzene rings is 2. The number of ether oxygens (including phenoxy) is 2. The Bertz CT molecular complexity index is 1350. The van der Waals surface area contributed by atoms with Crippen LogP contribution in [0.4, 0.5) is 13.2 Å². The Labute approximate surface area is 236 Å². The summed E-state index contributed by atoms with van der Waals surface area (Å²) in [5.74, 6) is -4.06. The first-order valence-electron chi connectivity index (χ1n) is 13.1. The molecule has 0 amide bonds. The lowest BCUT2D eigenvalue weighted by atomic mass is 9.78. The van der Waals surface area contributed by atoms with Crippen molar-refractivity contribution in [3.05, 3.63) is 58.1 Å². The minimum absolute atomic E-state index is 0.0348. The second-order valence-electron chi connectivity index (χ2n) is 12.1. The quantitative estimate of drug-likeness (QED) is 0.243. The summed E-state index contributed by atoms with van der Waals surface area (Å²) >= 11 is 0. The molecule has 1 aliphatic rings. The van der Waals surface area contributed by atoms with Gasteiger partial charge in [-0.2, -0.15) is 13.2 Å². The van der Waals surface area contributed by atoms with E-state index >= 15 is 0 Å². The molecule has 0 aromatic heterocycles. The summed E-state index contributed by atoms with van der Waals surface area (Å²) < 4.78 is 46.8. The third-order valence-corrected chi connectivity index (χ3v) is 6.73. The van der Waals surface area contributed by atoms with E-state index in [0.29, 0.717) is 22.3 Å². The average Bonchev–Trinajstić information content (AvgIpc) is 3.14. The summed E-state index contributed by atoms with van der Waals surface area (Å²) in [7, 11) is 0. The number of hydrogen-bond donors (Lipinski definition) is 2. The SMILES string of the molecule is CCC(Oc1ccc2c(c1)C(=N)N(CC(=O)c1cc(C(C)(C)C)c(O)c(C(C)(C)C)c1)C2)C(=O)OC(=O)C(F)(F)F. The van der Waals surface area contributed by atoms with Gasteiger partial charge < -0.3 is 19.5 Å². The van der Waals surface area contributed by atoms with E-state index in [1.807, 2.05) is 41.5 Å². The third kappa shape index (κ3) is 7.07. The van der Waals surface area contributed by atoms with Crippen molar-refractivity contribution in [2.75, 3.05) is 6.54 Å². The molecule has 222 valence electrons. The highest BCUT2D eigenvalue weighted by atomic mass is 19.4. The van der Waals surface area contributed by atoms with Crippen molar-refractivity contribution in [1.29, 1.82) is 5.41 Å². The van der Waals surface area contributed by atoms with Crippen LogP contribution < -0.4 is 4.74 Å². The number of esters is 2. The number of carbonyl (C=O) groups excluding carboxylic acids is 3. The molecule has 1 unspecified atom stereocenters. The zero-order chi connectivity index (χ0) is 31.1. The largest absolute Gasteiger partial charge is 0.507 e. The van der Waals surface area contributed by atoms with Gasteiger partial charge in [-0.3, -0.25) is 10.2 Å². The predicted molar refractivity (Wildman–Crippen MR) is 145 cm³/mol. The summed E-state index contributed by atoms with van der Waals surface area (Å²) in [4.78, 5) is 38.1. The fraction of sp³-hybridized carbons (Fsp3) is 0.467. The molecule has 0 bridgehead atoms. The van der Waals surface area contributed by atoms with Crippen LogP contribution in [-0.2, 0) is 31.7 Å². The maximum absolute atomic E-state index is 13.4. The predicted octanol–water partition coefficient (Wildman–Crippen LogP) is 5.80. The smallest absolute Gasteiger partial charge is 0.491 e. The summed E-state index contributed by atoms with van der Waals surface area (Å²) in [5.41, 5.74) is 2.03. The highest BCUT2D eigenvalue weighted by Gasteiger charge is 2.43. The Morgan fingerprint density at radius 3 is 2.05 bits per heavy atom. The van der Waals surface area contributed by atoms with Gasteiger partial charge in [-0.1, -0.05) is 54.5 Å². The average molecular weight is 577 g/mol. The highest BCUT2D eigenvalue weighted by molar-refractivity contribution is 6.05. The molecular weight excluding hydrogens is 541 g/mol. The molecule has 41 heavy (non-hydrogen) atoms. The van der Waals surface area contributed by atoms with Gasteiger partial charge in [0.25, 0.3) is 0 Å². The van der Waals surface area contributed by atoms with Crippen LogP contribution in [0, 0.1) is 5.41 Å². The van der Waals surface area contributed by atoms with Crippen LogP contribution in [0.1, 0.15) is 87.5 Å². The lowest BCUT2D eigenvalue weighted by molar-refractivity contribution is -0.204. The summed E-state index contributed by atoms with van der Waals surface area (Å²) in [6.45, 7) is 13.3. The Kier molecular flexibility index (Phi) is 8.62. The van der Waals surface area contributed by atoms with Crippen molar-refractivity contribution in [3.8, 4) is 11.5 Å². The number of nitrogens with one attached hydrogen (secondary N) is 1. The minimum Gasteiger partial charge on any atom is -0.507 e. The number of carbonyl (C=O) groups is 3. The first-order valence-corrected chi connectivity index (χ1v) is 13.1. The fourth-order valence-electron chi connectivity index (χ4n) is 4.46. The van der Waals surface area contributed by atoms with Gasteiger partial charge in [0.15, 0.2) is 11.9 Å². The molecule has 0 radical (unpaired) electrons. The van der Waals surface area contributed by atoms with Crippen LogP contribution in [0.3, 0.4) is 0 Å². The minimum atomic E-state index is -5.32. The summed E-state index contributed by atoms with van der Waals surface area (Å²) in [5, 5.41) is 19.6. The Morgan fingerprint density at radius 1 is 1.00 bits per heavy atom. The van der Waals surface area contributed by atoms with Gasteiger partial charge in [-0.05, 0) is 47.1 Å². The monoisotopic (exact) mass is 576 g/mol. The molecule has 1 aliphatic heterocycles. The molecular formula is C30H35F3N2O6. The van der Waals surface area contributed by atoms with Crippen molar-refractivity contribution in [2.24, 2.45) is 0 Å². The molecule has 0 saturated heterocycles. The standard InChI is InChI=1S/C30H35F3N2O6/c1-8-23(26(38)41-27(39)30(31,32)33)40-18-10-9-16-14-35(25(34)19(16)13-18)15-22(36)17-11-20(28(2,3)4)24(37)21(12-17)29(5,6)7/h9-13,23,34,37H,8,14-15H2,1-7H3. The normalized spacial score (nSPS) is 14.5. The van der Waals surface area contributed by atoms with Gasteiger partial charge in [-0.25, -0.2) is 9.59 Å². The topological polar surface area (TPSA) is 117 Å². The fourth-order valence-corrected chi connectivity index (χ4v) is 4.46. The Hall–Kier alpha value is -3.89. The number of amidine groups is 1. The van der Waals surface area contributed by atoms with Crippen molar-refractivity contribution >= 4 is 23.6 Å². The highest BCUT2D eigenvalue weighted by Crippen LogP contribution is 2.40. The molecule has 2 aromatic rings.